The van der Waals surface area contributed by atoms with Crippen LogP contribution in [0.2, 0.25) is 0 Å². The number of carbonyl (C=O) groups is 1. The summed E-state index contributed by atoms with van der Waals surface area (Å²) in [5.41, 5.74) is -0.302. The van der Waals surface area contributed by atoms with Gasteiger partial charge in [-0.25, -0.2) is 4.79 Å². The Morgan fingerprint density at radius 3 is 2.53 bits per heavy atom. The summed E-state index contributed by atoms with van der Waals surface area (Å²) >= 11 is 0. The molecule has 4 nitrogen and oxygen atoms in total. The minimum Gasteiger partial charge on any atom is -0.872 e. The van der Waals surface area contributed by atoms with E-state index in [0.29, 0.717) is 5.39 Å². The van der Waals surface area contributed by atoms with Crippen LogP contribution < -0.4 is 5.11 Å². The van der Waals surface area contributed by atoms with Gasteiger partial charge in [0.15, 0.2) is 0 Å². The quantitative estimate of drug-likeness (QED) is 0.732. The van der Waals surface area contributed by atoms with E-state index >= 15 is 0 Å². The second-order valence-electron chi connectivity index (χ2n) is 3.15. The lowest BCUT2D eigenvalue weighted by Gasteiger charge is -2.12. The molecule has 76 valence electrons. The number of aromatic hydroxyl groups is 1. The predicted octanol–water partition coefficient (Wildman–Crippen LogP) is 1.32. The third kappa shape index (κ3) is 1.46. The number of rotatable bonds is 1. The molecule has 0 aliphatic rings. The average molecular weight is 203 g/mol. The van der Waals surface area contributed by atoms with E-state index in [4.69, 9.17) is 5.11 Å². The van der Waals surface area contributed by atoms with Crippen LogP contribution in [-0.4, -0.2) is 16.2 Å². The van der Waals surface area contributed by atoms with Gasteiger partial charge in [-0.15, -0.1) is 0 Å². The Bertz CT molecular complexity index is 540. The van der Waals surface area contributed by atoms with Crippen LogP contribution in [0.3, 0.4) is 0 Å². The molecule has 0 amide bonds. The monoisotopic (exact) mass is 203 g/mol. The Morgan fingerprint density at radius 1 is 1.20 bits per heavy atom. The summed E-state index contributed by atoms with van der Waals surface area (Å²) in [6.07, 6.45) is 0. The molecule has 0 aromatic heterocycles. The van der Waals surface area contributed by atoms with Gasteiger partial charge in [0.2, 0.25) is 0 Å². The number of hydrogen-bond donors (Lipinski definition) is 2. The Labute approximate surface area is 85.0 Å². The fourth-order valence-electron chi connectivity index (χ4n) is 1.51. The Morgan fingerprint density at radius 2 is 1.87 bits per heavy atom. The van der Waals surface area contributed by atoms with Gasteiger partial charge in [0.05, 0.1) is 5.56 Å². The van der Waals surface area contributed by atoms with Crippen molar-refractivity contribution in [2.24, 2.45) is 0 Å². The van der Waals surface area contributed by atoms with Crippen molar-refractivity contribution in [2.45, 2.75) is 0 Å². The number of phenolic OH excluding ortho intramolecular Hbond substituents is 1. The van der Waals surface area contributed by atoms with E-state index in [2.05, 4.69) is 0 Å². The molecule has 2 rings (SSSR count). The highest BCUT2D eigenvalue weighted by Crippen LogP contribution is 2.28. The number of carboxylic acid groups (broad SMARTS) is 1. The lowest BCUT2D eigenvalue weighted by atomic mass is 10.0. The molecule has 0 atom stereocenters. The third-order valence-corrected chi connectivity index (χ3v) is 2.18. The highest BCUT2D eigenvalue weighted by Gasteiger charge is 2.09. The van der Waals surface area contributed by atoms with Crippen molar-refractivity contribution in [2.75, 3.05) is 0 Å². The summed E-state index contributed by atoms with van der Waals surface area (Å²) in [6, 6.07) is 7.03. The molecule has 0 radical (unpaired) electrons. The van der Waals surface area contributed by atoms with Crippen molar-refractivity contribution in [1.29, 1.82) is 0 Å². The topological polar surface area (TPSA) is 80.6 Å². The van der Waals surface area contributed by atoms with Gasteiger partial charge in [0, 0.05) is 0 Å². The molecule has 0 bridgehead atoms. The van der Waals surface area contributed by atoms with Gasteiger partial charge in [-0.2, -0.15) is 0 Å². The van der Waals surface area contributed by atoms with E-state index in [1.165, 1.54) is 24.3 Å². The normalized spacial score (nSPS) is 10.4. The van der Waals surface area contributed by atoms with Crippen molar-refractivity contribution in [1.82, 2.24) is 0 Å². The molecule has 4 heteroatoms. The number of aromatic carboxylic acids is 1. The Hall–Kier alpha value is -2.23. The van der Waals surface area contributed by atoms with Gasteiger partial charge in [-0.1, -0.05) is 23.9 Å². The van der Waals surface area contributed by atoms with Crippen molar-refractivity contribution in [3.8, 4) is 11.5 Å². The largest absolute Gasteiger partial charge is 0.872 e. The highest BCUT2D eigenvalue weighted by molar-refractivity contribution is 6.06. The molecule has 2 aromatic carbocycles. The van der Waals surface area contributed by atoms with Gasteiger partial charge in [0.25, 0.3) is 0 Å². The summed E-state index contributed by atoms with van der Waals surface area (Å²) in [7, 11) is 0. The number of carboxylic acids is 1. The molecule has 0 fully saturated rings. The highest BCUT2D eigenvalue weighted by atomic mass is 16.4. The van der Waals surface area contributed by atoms with Crippen molar-refractivity contribution in [3.05, 3.63) is 35.9 Å². The van der Waals surface area contributed by atoms with Crippen LogP contribution in [0.25, 0.3) is 10.8 Å². The SMILES string of the molecule is O=C(O)c1c([O-])ccc2ccc(O)cc12. The molecular weight excluding hydrogens is 196 g/mol. The van der Waals surface area contributed by atoms with Crippen LogP contribution in [-0.2, 0) is 0 Å². The molecule has 2 N–H and O–H groups in total. The molecule has 0 saturated carbocycles. The summed E-state index contributed by atoms with van der Waals surface area (Å²) < 4.78 is 0. The van der Waals surface area contributed by atoms with Gasteiger partial charge >= 0.3 is 5.97 Å². The third-order valence-electron chi connectivity index (χ3n) is 2.18. The zero-order chi connectivity index (χ0) is 11.0. The number of hydrogen-bond acceptors (Lipinski definition) is 3. The first-order valence-electron chi connectivity index (χ1n) is 4.25. The van der Waals surface area contributed by atoms with Crippen molar-refractivity contribution < 1.29 is 20.1 Å². The molecule has 2 aromatic rings. The van der Waals surface area contributed by atoms with Crippen molar-refractivity contribution in [3.63, 3.8) is 0 Å². The lowest BCUT2D eigenvalue weighted by Crippen LogP contribution is -2.04. The second kappa shape index (κ2) is 3.16. The molecular formula is C11H7O4-. The Balaban J connectivity index is 2.90. The van der Waals surface area contributed by atoms with E-state index in [0.717, 1.165) is 0 Å². The van der Waals surface area contributed by atoms with Crippen LogP contribution in [0, 0.1) is 0 Å². The fraction of sp³-hybridized carbons (Fsp3) is 0. The minimum atomic E-state index is -1.28. The smallest absolute Gasteiger partial charge is 0.335 e. The zero-order valence-corrected chi connectivity index (χ0v) is 7.60. The molecule has 0 aliphatic carbocycles. The van der Waals surface area contributed by atoms with Gasteiger partial charge in [-0.05, 0) is 22.9 Å². The van der Waals surface area contributed by atoms with Gasteiger partial charge in [0.1, 0.15) is 5.75 Å². The van der Waals surface area contributed by atoms with E-state index in [1.54, 1.807) is 6.07 Å². The molecule has 0 spiro atoms. The molecule has 15 heavy (non-hydrogen) atoms. The fourth-order valence-corrected chi connectivity index (χ4v) is 1.51. The van der Waals surface area contributed by atoms with Gasteiger partial charge < -0.3 is 15.3 Å². The molecule has 0 heterocycles. The molecule has 0 saturated heterocycles. The summed E-state index contributed by atoms with van der Waals surface area (Å²) in [5, 5.41) is 30.3. The molecule has 0 aliphatic heterocycles. The summed E-state index contributed by atoms with van der Waals surface area (Å²) in [5.74, 6) is -1.90. The maximum Gasteiger partial charge on any atom is 0.335 e. The number of benzene rings is 2. The zero-order valence-electron chi connectivity index (χ0n) is 7.60. The van der Waals surface area contributed by atoms with E-state index in [1.807, 2.05) is 0 Å². The van der Waals surface area contributed by atoms with Crippen LogP contribution in [0.15, 0.2) is 30.3 Å². The maximum absolute atomic E-state index is 11.3. The van der Waals surface area contributed by atoms with Crippen LogP contribution >= 0.6 is 0 Å². The predicted molar refractivity (Wildman–Crippen MR) is 52.0 cm³/mol. The van der Waals surface area contributed by atoms with Crippen LogP contribution in [0.1, 0.15) is 10.4 Å². The van der Waals surface area contributed by atoms with Crippen LogP contribution in [0.4, 0.5) is 0 Å². The number of phenols is 1. The van der Waals surface area contributed by atoms with E-state index in [9.17, 15) is 15.0 Å². The van der Waals surface area contributed by atoms with Crippen molar-refractivity contribution >= 4 is 16.7 Å². The number of fused-ring (bicyclic) bond motifs is 1. The second-order valence-corrected chi connectivity index (χ2v) is 3.15. The van der Waals surface area contributed by atoms with E-state index < -0.39 is 11.7 Å². The lowest BCUT2D eigenvalue weighted by molar-refractivity contribution is -0.268. The summed E-state index contributed by atoms with van der Waals surface area (Å²) in [6.45, 7) is 0. The average Bonchev–Trinajstić information content (AvgIpc) is 2.16. The first-order chi connectivity index (χ1) is 7.09. The van der Waals surface area contributed by atoms with Gasteiger partial charge in [-0.3, -0.25) is 0 Å². The Kier molecular flexibility index (Phi) is 1.97. The maximum atomic E-state index is 11.3. The standard InChI is InChI=1S/C11H8O4/c12-7-3-1-6-2-4-9(13)10(11(14)15)8(6)5-7/h1-5,12-13H,(H,14,15)/p-1. The minimum absolute atomic E-state index is 0.0596. The first-order valence-corrected chi connectivity index (χ1v) is 4.25. The molecule has 0 unspecified atom stereocenters. The first kappa shape index (κ1) is 9.33. The van der Waals surface area contributed by atoms with Crippen LogP contribution in [0.5, 0.6) is 11.5 Å². The van der Waals surface area contributed by atoms with E-state index in [-0.39, 0.29) is 16.7 Å². The summed E-state index contributed by atoms with van der Waals surface area (Å²) in [4.78, 5) is 10.9.